The minimum absolute atomic E-state index is 0.221. The fourth-order valence-electron chi connectivity index (χ4n) is 1.27. The van der Waals surface area contributed by atoms with Gasteiger partial charge in [-0.1, -0.05) is 13.8 Å². The Morgan fingerprint density at radius 2 is 2.06 bits per heavy atom. The van der Waals surface area contributed by atoms with Crippen molar-refractivity contribution < 1.29 is 14.6 Å². The summed E-state index contributed by atoms with van der Waals surface area (Å²) in [5.74, 6) is -0.574. The summed E-state index contributed by atoms with van der Waals surface area (Å²) in [6.07, 6.45) is 1.51. The van der Waals surface area contributed by atoms with Crippen LogP contribution in [0, 0.1) is 0 Å². The van der Waals surface area contributed by atoms with Crippen molar-refractivity contribution in [3.8, 4) is 5.88 Å². The average molecular weight is 237 g/mol. The molecule has 94 valence electrons. The first-order chi connectivity index (χ1) is 7.88. The lowest BCUT2D eigenvalue weighted by Gasteiger charge is -2.24. The second-order valence-corrected chi connectivity index (χ2v) is 4.56. The van der Waals surface area contributed by atoms with E-state index in [1.54, 1.807) is 6.07 Å². The molecule has 0 amide bonds. The zero-order valence-corrected chi connectivity index (χ0v) is 10.8. The number of aryl methyl sites for hydroxylation is 1. The van der Waals surface area contributed by atoms with Crippen LogP contribution in [0.3, 0.4) is 0 Å². The highest BCUT2D eigenvalue weighted by Gasteiger charge is 2.19. The van der Waals surface area contributed by atoms with Crippen LogP contribution < -0.4 is 4.74 Å². The lowest BCUT2D eigenvalue weighted by molar-refractivity contribution is 0.0691. The van der Waals surface area contributed by atoms with Gasteiger partial charge in [-0.05, 0) is 32.8 Å². The van der Waals surface area contributed by atoms with E-state index in [-0.39, 0.29) is 11.2 Å². The van der Waals surface area contributed by atoms with Gasteiger partial charge in [-0.15, -0.1) is 0 Å². The molecule has 4 heteroatoms. The number of rotatable bonds is 5. The summed E-state index contributed by atoms with van der Waals surface area (Å²) in [7, 11) is 0. The molecule has 1 heterocycles. The summed E-state index contributed by atoms with van der Waals surface area (Å²) < 4.78 is 5.71. The number of ether oxygens (including phenoxy) is 1. The van der Waals surface area contributed by atoms with Crippen molar-refractivity contribution in [3.05, 3.63) is 23.4 Å². The summed E-state index contributed by atoms with van der Waals surface area (Å²) in [6, 6.07) is 3.05. The van der Waals surface area contributed by atoms with E-state index in [1.807, 2.05) is 27.7 Å². The smallest absolute Gasteiger partial charge is 0.335 e. The number of hydrogen-bond donors (Lipinski definition) is 1. The first-order valence-corrected chi connectivity index (χ1v) is 5.81. The molecule has 0 atom stereocenters. The van der Waals surface area contributed by atoms with E-state index < -0.39 is 5.97 Å². The highest BCUT2D eigenvalue weighted by atomic mass is 16.5. The minimum atomic E-state index is -0.957. The van der Waals surface area contributed by atoms with Crippen molar-refractivity contribution in [1.29, 1.82) is 0 Å². The van der Waals surface area contributed by atoms with Gasteiger partial charge in [0.25, 0.3) is 0 Å². The molecule has 1 N–H and O–H groups in total. The van der Waals surface area contributed by atoms with Crippen LogP contribution in [0.25, 0.3) is 0 Å². The Morgan fingerprint density at radius 3 is 2.53 bits per heavy atom. The Balaban J connectivity index is 3.07. The van der Waals surface area contributed by atoms with Gasteiger partial charge >= 0.3 is 5.97 Å². The van der Waals surface area contributed by atoms with E-state index in [1.165, 1.54) is 6.07 Å². The third-order valence-corrected chi connectivity index (χ3v) is 2.70. The maximum Gasteiger partial charge on any atom is 0.335 e. The zero-order valence-electron chi connectivity index (χ0n) is 10.8. The summed E-state index contributed by atoms with van der Waals surface area (Å²) in [5, 5.41) is 9.00. The van der Waals surface area contributed by atoms with Gasteiger partial charge in [0, 0.05) is 11.8 Å². The molecular formula is C13H19NO3. The number of pyridine rings is 1. The summed E-state index contributed by atoms with van der Waals surface area (Å²) in [4.78, 5) is 15.3. The molecule has 17 heavy (non-hydrogen) atoms. The van der Waals surface area contributed by atoms with Crippen molar-refractivity contribution in [2.75, 3.05) is 0 Å². The number of aromatic nitrogens is 1. The maximum atomic E-state index is 11.0. The van der Waals surface area contributed by atoms with E-state index in [0.29, 0.717) is 12.3 Å². The van der Waals surface area contributed by atoms with Crippen LogP contribution in [0.1, 0.15) is 50.2 Å². The molecule has 0 unspecified atom stereocenters. The molecule has 0 saturated carbocycles. The van der Waals surface area contributed by atoms with Crippen molar-refractivity contribution in [2.24, 2.45) is 0 Å². The Hall–Kier alpha value is -1.58. The Labute approximate surface area is 102 Å². The Bertz CT molecular complexity index is 413. The molecular weight excluding hydrogens is 218 g/mol. The lowest BCUT2D eigenvalue weighted by atomic mass is 10.1. The largest absolute Gasteiger partial charge is 0.478 e. The molecule has 0 bridgehead atoms. The molecule has 0 aliphatic heterocycles. The van der Waals surface area contributed by atoms with Crippen LogP contribution in [0.5, 0.6) is 5.88 Å². The molecule has 0 spiro atoms. The van der Waals surface area contributed by atoms with Crippen molar-refractivity contribution in [2.45, 2.75) is 46.1 Å². The van der Waals surface area contributed by atoms with Gasteiger partial charge in [-0.2, -0.15) is 0 Å². The molecule has 0 aromatic carbocycles. The standard InChI is InChI=1S/C13H19NO3/c1-5-10-7-9(12(15)16)8-11(14-10)17-13(3,4)6-2/h7-8H,5-6H2,1-4H3,(H,15,16). The number of nitrogens with zero attached hydrogens (tertiary/aromatic N) is 1. The van der Waals surface area contributed by atoms with Crippen LogP contribution in [-0.2, 0) is 6.42 Å². The van der Waals surface area contributed by atoms with Crippen LogP contribution in [0.15, 0.2) is 12.1 Å². The van der Waals surface area contributed by atoms with Gasteiger partial charge in [0.1, 0.15) is 5.60 Å². The predicted molar refractivity (Wildman–Crippen MR) is 65.6 cm³/mol. The first kappa shape index (κ1) is 13.5. The number of carboxylic acid groups (broad SMARTS) is 1. The molecule has 1 rings (SSSR count). The number of hydrogen-bond acceptors (Lipinski definition) is 3. The average Bonchev–Trinajstić information content (AvgIpc) is 2.28. The molecule has 1 aromatic heterocycles. The Morgan fingerprint density at radius 1 is 1.41 bits per heavy atom. The quantitative estimate of drug-likeness (QED) is 0.855. The summed E-state index contributed by atoms with van der Waals surface area (Å²) >= 11 is 0. The minimum Gasteiger partial charge on any atom is -0.478 e. The van der Waals surface area contributed by atoms with Crippen molar-refractivity contribution in [1.82, 2.24) is 4.98 Å². The first-order valence-electron chi connectivity index (χ1n) is 5.81. The monoisotopic (exact) mass is 237 g/mol. The number of carbonyl (C=O) groups is 1. The predicted octanol–water partition coefficient (Wildman–Crippen LogP) is 2.91. The molecule has 0 aliphatic rings. The molecule has 0 radical (unpaired) electrons. The highest BCUT2D eigenvalue weighted by molar-refractivity contribution is 5.88. The lowest BCUT2D eigenvalue weighted by Crippen LogP contribution is -2.27. The van der Waals surface area contributed by atoms with Crippen LogP contribution in [0.4, 0.5) is 0 Å². The SMILES string of the molecule is CCc1cc(C(=O)O)cc(OC(C)(C)CC)n1. The van der Waals surface area contributed by atoms with E-state index >= 15 is 0 Å². The van der Waals surface area contributed by atoms with E-state index in [0.717, 1.165) is 12.1 Å². The van der Waals surface area contributed by atoms with Crippen LogP contribution in [0.2, 0.25) is 0 Å². The molecule has 0 aliphatic carbocycles. The van der Waals surface area contributed by atoms with E-state index in [4.69, 9.17) is 9.84 Å². The van der Waals surface area contributed by atoms with Crippen LogP contribution >= 0.6 is 0 Å². The number of aromatic carboxylic acids is 1. The molecule has 0 saturated heterocycles. The van der Waals surface area contributed by atoms with Crippen molar-refractivity contribution in [3.63, 3.8) is 0 Å². The second-order valence-electron chi connectivity index (χ2n) is 4.56. The van der Waals surface area contributed by atoms with Gasteiger partial charge < -0.3 is 9.84 Å². The van der Waals surface area contributed by atoms with Gasteiger partial charge in [0.05, 0.1) is 5.56 Å². The number of carboxylic acids is 1. The third kappa shape index (κ3) is 3.73. The zero-order chi connectivity index (χ0) is 13.1. The summed E-state index contributed by atoms with van der Waals surface area (Å²) in [6.45, 7) is 7.85. The van der Waals surface area contributed by atoms with E-state index in [2.05, 4.69) is 4.98 Å². The van der Waals surface area contributed by atoms with Gasteiger partial charge in [0.2, 0.25) is 5.88 Å². The topological polar surface area (TPSA) is 59.4 Å². The van der Waals surface area contributed by atoms with E-state index in [9.17, 15) is 4.79 Å². The normalized spacial score (nSPS) is 11.3. The molecule has 4 nitrogen and oxygen atoms in total. The van der Waals surface area contributed by atoms with Gasteiger partial charge in [0.15, 0.2) is 0 Å². The van der Waals surface area contributed by atoms with Crippen LogP contribution in [-0.4, -0.2) is 21.7 Å². The Kier molecular flexibility index (Phi) is 4.10. The summed E-state index contributed by atoms with van der Waals surface area (Å²) in [5.41, 5.74) is 0.611. The molecule has 1 aromatic rings. The fraction of sp³-hybridized carbons (Fsp3) is 0.538. The highest BCUT2D eigenvalue weighted by Crippen LogP contribution is 2.21. The third-order valence-electron chi connectivity index (χ3n) is 2.70. The van der Waals surface area contributed by atoms with Crippen molar-refractivity contribution >= 4 is 5.97 Å². The van der Waals surface area contributed by atoms with Gasteiger partial charge in [-0.25, -0.2) is 9.78 Å². The van der Waals surface area contributed by atoms with Gasteiger partial charge in [-0.3, -0.25) is 0 Å². The fourth-order valence-corrected chi connectivity index (χ4v) is 1.27. The second kappa shape index (κ2) is 5.17. The molecule has 0 fully saturated rings. The maximum absolute atomic E-state index is 11.0.